The van der Waals surface area contributed by atoms with Gasteiger partial charge < -0.3 is 4.57 Å². The van der Waals surface area contributed by atoms with Crippen molar-refractivity contribution < 1.29 is 0 Å². The summed E-state index contributed by atoms with van der Waals surface area (Å²) in [7, 11) is 0. The van der Waals surface area contributed by atoms with Gasteiger partial charge in [0, 0.05) is 24.2 Å². The molecule has 56 valence electrons. The van der Waals surface area contributed by atoms with Crippen molar-refractivity contribution in [3.63, 3.8) is 0 Å². The van der Waals surface area contributed by atoms with Crippen LogP contribution in [0.15, 0.2) is 12.5 Å². The Hall–Kier alpha value is -0.440. The number of rotatable bonds is 3. The maximum absolute atomic E-state index is 4.03. The molecule has 2 nitrogen and oxygen atoms in total. The molecule has 0 aliphatic rings. The minimum atomic E-state index is 1.08. The fourth-order valence-corrected chi connectivity index (χ4v) is 1.19. The smallest absolute Gasteiger partial charge is 0.0948 e. The number of hydrogen-bond donors (Lipinski definition) is 0. The Morgan fingerprint density at radius 3 is 3.00 bits per heavy atom. The molecule has 0 radical (unpaired) electrons. The summed E-state index contributed by atoms with van der Waals surface area (Å²) in [5, 5.41) is 0. The number of aromatic nitrogens is 2. The van der Waals surface area contributed by atoms with E-state index in [0.717, 1.165) is 12.3 Å². The van der Waals surface area contributed by atoms with Crippen LogP contribution in [0.1, 0.15) is 5.69 Å². The first-order valence-electron chi connectivity index (χ1n) is 3.30. The average molecular weight is 156 g/mol. The van der Waals surface area contributed by atoms with Crippen molar-refractivity contribution in [3.05, 3.63) is 18.2 Å². The fourth-order valence-electron chi connectivity index (χ4n) is 0.811. The molecule has 0 saturated carbocycles. The normalized spacial score (nSPS) is 10.2. The van der Waals surface area contributed by atoms with E-state index in [1.165, 1.54) is 5.69 Å². The van der Waals surface area contributed by atoms with Gasteiger partial charge in [0.2, 0.25) is 0 Å². The third-order valence-corrected chi connectivity index (χ3v) is 2.05. The van der Waals surface area contributed by atoms with Crippen LogP contribution in [0.25, 0.3) is 0 Å². The third kappa shape index (κ3) is 1.77. The zero-order valence-electron chi connectivity index (χ0n) is 6.37. The molecule has 0 unspecified atom stereocenters. The lowest BCUT2D eigenvalue weighted by molar-refractivity contribution is 0.746. The second-order valence-electron chi connectivity index (χ2n) is 2.22. The maximum Gasteiger partial charge on any atom is 0.0948 e. The molecular formula is C7H12N2S. The van der Waals surface area contributed by atoms with Crippen molar-refractivity contribution in [2.45, 2.75) is 13.5 Å². The summed E-state index contributed by atoms with van der Waals surface area (Å²) in [6.45, 7) is 3.15. The van der Waals surface area contributed by atoms with Gasteiger partial charge in [0.15, 0.2) is 0 Å². The van der Waals surface area contributed by atoms with Gasteiger partial charge in [-0.2, -0.15) is 11.8 Å². The molecule has 0 atom stereocenters. The van der Waals surface area contributed by atoms with E-state index < -0.39 is 0 Å². The standard InChI is InChI=1S/C7H12N2S/c1-7-5-8-6-9(7)3-4-10-2/h5-6H,3-4H2,1-2H3. The Morgan fingerprint density at radius 1 is 1.70 bits per heavy atom. The van der Waals surface area contributed by atoms with Crippen LogP contribution >= 0.6 is 11.8 Å². The lowest BCUT2D eigenvalue weighted by Crippen LogP contribution is -1.99. The van der Waals surface area contributed by atoms with E-state index in [-0.39, 0.29) is 0 Å². The summed E-state index contributed by atoms with van der Waals surface area (Å²) in [4.78, 5) is 4.03. The SMILES string of the molecule is CSCCn1cncc1C. The van der Waals surface area contributed by atoms with Crippen molar-refractivity contribution in [1.29, 1.82) is 0 Å². The van der Waals surface area contributed by atoms with Gasteiger partial charge in [0.05, 0.1) is 6.33 Å². The second-order valence-corrected chi connectivity index (χ2v) is 3.21. The number of hydrogen-bond acceptors (Lipinski definition) is 2. The highest BCUT2D eigenvalue weighted by molar-refractivity contribution is 7.98. The second kappa shape index (κ2) is 3.66. The summed E-state index contributed by atoms with van der Waals surface area (Å²) in [6.07, 6.45) is 5.89. The summed E-state index contributed by atoms with van der Waals surface area (Å²) in [6, 6.07) is 0. The molecule has 10 heavy (non-hydrogen) atoms. The summed E-state index contributed by atoms with van der Waals surface area (Å²) in [5.74, 6) is 1.16. The molecule has 0 fully saturated rings. The molecule has 1 aromatic heterocycles. The van der Waals surface area contributed by atoms with E-state index in [1.54, 1.807) is 0 Å². The van der Waals surface area contributed by atoms with Crippen molar-refractivity contribution in [2.75, 3.05) is 12.0 Å². The number of nitrogens with zero attached hydrogens (tertiary/aromatic N) is 2. The van der Waals surface area contributed by atoms with Crippen LogP contribution in [-0.2, 0) is 6.54 Å². The van der Waals surface area contributed by atoms with E-state index in [0.29, 0.717) is 0 Å². The van der Waals surface area contributed by atoms with Gasteiger partial charge in [0.25, 0.3) is 0 Å². The molecule has 0 aliphatic heterocycles. The van der Waals surface area contributed by atoms with Gasteiger partial charge in [-0.25, -0.2) is 4.98 Å². The van der Waals surface area contributed by atoms with Crippen LogP contribution in [0, 0.1) is 6.92 Å². The Balaban J connectivity index is 2.49. The van der Waals surface area contributed by atoms with Gasteiger partial charge in [-0.15, -0.1) is 0 Å². The predicted octanol–water partition coefficient (Wildman–Crippen LogP) is 1.55. The molecule has 1 rings (SSSR count). The maximum atomic E-state index is 4.03. The molecule has 0 saturated heterocycles. The molecule has 3 heteroatoms. The van der Waals surface area contributed by atoms with Crippen LogP contribution < -0.4 is 0 Å². The lowest BCUT2D eigenvalue weighted by Gasteiger charge is -2.01. The largest absolute Gasteiger partial charge is 0.334 e. The Kier molecular flexibility index (Phi) is 2.81. The first-order chi connectivity index (χ1) is 4.84. The van der Waals surface area contributed by atoms with E-state index in [4.69, 9.17) is 0 Å². The van der Waals surface area contributed by atoms with E-state index in [2.05, 4.69) is 22.7 Å². The number of aryl methyl sites for hydroxylation is 2. The molecule has 0 aromatic carbocycles. The minimum Gasteiger partial charge on any atom is -0.334 e. The lowest BCUT2D eigenvalue weighted by atomic mass is 10.5. The average Bonchev–Trinajstić information content (AvgIpc) is 2.31. The van der Waals surface area contributed by atoms with Gasteiger partial charge >= 0.3 is 0 Å². The van der Waals surface area contributed by atoms with Crippen LogP contribution in [0.5, 0.6) is 0 Å². The molecule has 0 spiro atoms. The zero-order valence-corrected chi connectivity index (χ0v) is 7.19. The highest BCUT2D eigenvalue weighted by Gasteiger charge is 1.93. The van der Waals surface area contributed by atoms with Crippen molar-refractivity contribution in [1.82, 2.24) is 9.55 Å². The van der Waals surface area contributed by atoms with Crippen LogP contribution in [0.2, 0.25) is 0 Å². The molecule has 1 heterocycles. The Morgan fingerprint density at radius 2 is 2.50 bits per heavy atom. The minimum absolute atomic E-state index is 1.08. The molecule has 1 aromatic rings. The van der Waals surface area contributed by atoms with Gasteiger partial charge in [-0.1, -0.05) is 0 Å². The summed E-state index contributed by atoms with van der Waals surface area (Å²) in [5.41, 5.74) is 1.24. The topological polar surface area (TPSA) is 17.8 Å². The Labute approximate surface area is 65.7 Å². The molecule has 0 bridgehead atoms. The molecular weight excluding hydrogens is 144 g/mol. The Bertz CT molecular complexity index is 195. The van der Waals surface area contributed by atoms with E-state index in [9.17, 15) is 0 Å². The van der Waals surface area contributed by atoms with Gasteiger partial charge in [0.1, 0.15) is 0 Å². The number of imidazole rings is 1. The molecule has 0 N–H and O–H groups in total. The zero-order chi connectivity index (χ0) is 7.40. The van der Waals surface area contributed by atoms with Gasteiger partial charge in [-0.05, 0) is 13.2 Å². The number of thioether (sulfide) groups is 1. The summed E-state index contributed by atoms with van der Waals surface area (Å²) >= 11 is 1.86. The quantitative estimate of drug-likeness (QED) is 0.661. The van der Waals surface area contributed by atoms with Crippen LogP contribution in [-0.4, -0.2) is 21.6 Å². The monoisotopic (exact) mass is 156 g/mol. The molecule has 0 amide bonds. The molecule has 0 aliphatic carbocycles. The van der Waals surface area contributed by atoms with Crippen molar-refractivity contribution in [2.24, 2.45) is 0 Å². The highest BCUT2D eigenvalue weighted by atomic mass is 32.2. The van der Waals surface area contributed by atoms with Crippen molar-refractivity contribution >= 4 is 11.8 Å². The first kappa shape index (κ1) is 7.66. The van der Waals surface area contributed by atoms with E-state index in [1.807, 2.05) is 24.3 Å². The highest BCUT2D eigenvalue weighted by Crippen LogP contribution is 1.99. The fraction of sp³-hybridized carbons (Fsp3) is 0.571. The first-order valence-corrected chi connectivity index (χ1v) is 4.69. The van der Waals surface area contributed by atoms with E-state index >= 15 is 0 Å². The van der Waals surface area contributed by atoms with Crippen molar-refractivity contribution in [3.8, 4) is 0 Å². The van der Waals surface area contributed by atoms with Crippen LogP contribution in [0.4, 0.5) is 0 Å². The van der Waals surface area contributed by atoms with Gasteiger partial charge in [-0.3, -0.25) is 0 Å². The third-order valence-electron chi connectivity index (χ3n) is 1.46. The summed E-state index contributed by atoms with van der Waals surface area (Å²) < 4.78 is 2.16. The predicted molar refractivity (Wildman–Crippen MR) is 45.3 cm³/mol. The van der Waals surface area contributed by atoms with Crippen LogP contribution in [0.3, 0.4) is 0 Å².